The summed E-state index contributed by atoms with van der Waals surface area (Å²) in [6.45, 7) is 0. The van der Waals surface area contributed by atoms with E-state index in [9.17, 15) is 10.2 Å². The summed E-state index contributed by atoms with van der Waals surface area (Å²) in [4.78, 5) is 0. The van der Waals surface area contributed by atoms with E-state index >= 15 is 0 Å². The molecule has 17 heavy (non-hydrogen) atoms. The summed E-state index contributed by atoms with van der Waals surface area (Å²) >= 11 is 0. The third kappa shape index (κ3) is 2.77. The molecule has 0 aliphatic heterocycles. The first-order chi connectivity index (χ1) is 8.16. The fourth-order valence-corrected chi connectivity index (χ4v) is 1.77. The number of benzene rings is 2. The zero-order valence-electron chi connectivity index (χ0n) is 9.38. The molecule has 0 aromatic heterocycles. The van der Waals surface area contributed by atoms with Crippen LogP contribution in [0.25, 0.3) is 0 Å². The third-order valence-electron chi connectivity index (χ3n) is 2.72. The zero-order chi connectivity index (χ0) is 12.3. The molecule has 3 nitrogen and oxygen atoms in total. The zero-order valence-corrected chi connectivity index (χ0v) is 9.38. The molecule has 0 bridgehead atoms. The summed E-state index contributed by atoms with van der Waals surface area (Å²) in [5.74, 6) is -0.218. The average molecular weight is 229 g/mol. The van der Waals surface area contributed by atoms with Gasteiger partial charge in [-0.3, -0.25) is 0 Å². The minimum absolute atomic E-state index is 0.109. The molecule has 2 aromatic rings. The fraction of sp³-hybridized carbons (Fsp3) is 0.143. The Morgan fingerprint density at radius 3 is 2.29 bits per heavy atom. The van der Waals surface area contributed by atoms with Crippen LogP contribution in [0.2, 0.25) is 0 Å². The van der Waals surface area contributed by atoms with E-state index in [4.69, 9.17) is 5.73 Å². The molecule has 0 fully saturated rings. The highest BCUT2D eigenvalue weighted by Gasteiger charge is 2.08. The second-order valence-electron chi connectivity index (χ2n) is 4.04. The van der Waals surface area contributed by atoms with Crippen LogP contribution < -0.4 is 5.73 Å². The molecule has 0 amide bonds. The van der Waals surface area contributed by atoms with Crippen molar-refractivity contribution in [1.29, 1.82) is 0 Å². The number of hydrogen-bond donors (Lipinski definition) is 3. The van der Waals surface area contributed by atoms with Gasteiger partial charge in [-0.2, -0.15) is 0 Å². The van der Waals surface area contributed by atoms with Crippen molar-refractivity contribution in [1.82, 2.24) is 0 Å². The highest BCUT2D eigenvalue weighted by molar-refractivity contribution is 5.41. The van der Waals surface area contributed by atoms with Crippen LogP contribution in [0.4, 0.5) is 0 Å². The van der Waals surface area contributed by atoms with Crippen LogP contribution in [-0.2, 0) is 6.42 Å². The van der Waals surface area contributed by atoms with Crippen LogP contribution in [0.15, 0.2) is 48.5 Å². The normalized spacial score (nSPS) is 12.3. The van der Waals surface area contributed by atoms with Gasteiger partial charge in [0.05, 0.1) is 0 Å². The molecule has 0 radical (unpaired) electrons. The van der Waals surface area contributed by atoms with Crippen molar-refractivity contribution in [2.24, 2.45) is 5.73 Å². The van der Waals surface area contributed by atoms with Gasteiger partial charge in [-0.05, 0) is 29.7 Å². The minimum atomic E-state index is -0.111. The van der Waals surface area contributed by atoms with Crippen molar-refractivity contribution in [2.45, 2.75) is 12.5 Å². The summed E-state index contributed by atoms with van der Waals surface area (Å²) < 4.78 is 0. The van der Waals surface area contributed by atoms with Crippen molar-refractivity contribution in [3.05, 3.63) is 59.7 Å². The maximum absolute atomic E-state index is 9.39. The molecule has 0 heterocycles. The van der Waals surface area contributed by atoms with Gasteiger partial charge in [-0.25, -0.2) is 0 Å². The van der Waals surface area contributed by atoms with Crippen molar-refractivity contribution in [2.75, 3.05) is 0 Å². The third-order valence-corrected chi connectivity index (χ3v) is 2.72. The van der Waals surface area contributed by atoms with Crippen molar-refractivity contribution in [3.63, 3.8) is 0 Å². The van der Waals surface area contributed by atoms with Gasteiger partial charge in [0, 0.05) is 6.04 Å². The van der Waals surface area contributed by atoms with Crippen molar-refractivity contribution in [3.8, 4) is 11.5 Å². The standard InChI is InChI=1S/C14H15NO2/c15-12(11-4-2-1-3-5-11)8-10-6-7-13(16)14(17)9-10/h1-7,9,12,16-17H,8,15H2. The Hall–Kier alpha value is -2.00. The molecule has 1 unspecified atom stereocenters. The molecule has 88 valence electrons. The smallest absolute Gasteiger partial charge is 0.157 e. The van der Waals surface area contributed by atoms with E-state index in [0.29, 0.717) is 6.42 Å². The van der Waals surface area contributed by atoms with Crippen LogP contribution in [0, 0.1) is 0 Å². The molecular weight excluding hydrogens is 214 g/mol. The van der Waals surface area contributed by atoms with Crippen LogP contribution in [0.1, 0.15) is 17.2 Å². The first kappa shape index (κ1) is 11.5. The number of phenols is 2. The quantitative estimate of drug-likeness (QED) is 0.708. The van der Waals surface area contributed by atoms with Gasteiger partial charge >= 0.3 is 0 Å². The maximum Gasteiger partial charge on any atom is 0.157 e. The van der Waals surface area contributed by atoms with Crippen LogP contribution >= 0.6 is 0 Å². The monoisotopic (exact) mass is 229 g/mol. The van der Waals surface area contributed by atoms with Gasteiger partial charge in [0.25, 0.3) is 0 Å². The molecular formula is C14H15NO2. The van der Waals surface area contributed by atoms with Crippen LogP contribution in [-0.4, -0.2) is 10.2 Å². The second-order valence-corrected chi connectivity index (χ2v) is 4.04. The lowest BCUT2D eigenvalue weighted by molar-refractivity contribution is 0.403. The lowest BCUT2D eigenvalue weighted by Crippen LogP contribution is -2.13. The summed E-state index contributed by atoms with van der Waals surface area (Å²) in [5.41, 5.74) is 8.03. The molecule has 0 saturated carbocycles. The topological polar surface area (TPSA) is 66.5 Å². The number of rotatable bonds is 3. The largest absolute Gasteiger partial charge is 0.504 e. The first-order valence-electron chi connectivity index (χ1n) is 5.48. The van der Waals surface area contributed by atoms with Gasteiger partial charge in [-0.1, -0.05) is 36.4 Å². The lowest BCUT2D eigenvalue weighted by Gasteiger charge is -2.12. The second kappa shape index (κ2) is 4.89. The van der Waals surface area contributed by atoms with E-state index in [-0.39, 0.29) is 17.5 Å². The highest BCUT2D eigenvalue weighted by Crippen LogP contribution is 2.26. The molecule has 2 rings (SSSR count). The lowest BCUT2D eigenvalue weighted by atomic mass is 9.99. The van der Waals surface area contributed by atoms with E-state index in [2.05, 4.69) is 0 Å². The molecule has 2 aromatic carbocycles. The molecule has 0 spiro atoms. The summed E-state index contributed by atoms with van der Waals surface area (Å²) in [6.07, 6.45) is 0.623. The van der Waals surface area contributed by atoms with E-state index in [0.717, 1.165) is 11.1 Å². The number of hydrogen-bond acceptors (Lipinski definition) is 3. The Balaban J connectivity index is 2.13. The summed E-state index contributed by atoms with van der Waals surface area (Å²) in [6, 6.07) is 14.5. The van der Waals surface area contributed by atoms with E-state index in [1.807, 2.05) is 30.3 Å². The number of aromatic hydroxyl groups is 2. The minimum Gasteiger partial charge on any atom is -0.504 e. The molecule has 3 heteroatoms. The van der Waals surface area contributed by atoms with Crippen molar-refractivity contribution < 1.29 is 10.2 Å². The van der Waals surface area contributed by atoms with Gasteiger partial charge in [0.15, 0.2) is 11.5 Å². The fourth-order valence-electron chi connectivity index (χ4n) is 1.77. The molecule has 1 atom stereocenters. The van der Waals surface area contributed by atoms with Crippen LogP contribution in [0.5, 0.6) is 11.5 Å². The van der Waals surface area contributed by atoms with E-state index in [1.165, 1.54) is 12.1 Å². The number of nitrogens with two attached hydrogens (primary N) is 1. The predicted molar refractivity (Wildman–Crippen MR) is 66.8 cm³/mol. The molecule has 0 aliphatic carbocycles. The van der Waals surface area contributed by atoms with E-state index < -0.39 is 0 Å². The molecule has 0 saturated heterocycles. The summed E-state index contributed by atoms with van der Waals surface area (Å²) in [7, 11) is 0. The van der Waals surface area contributed by atoms with Gasteiger partial charge in [-0.15, -0.1) is 0 Å². The van der Waals surface area contributed by atoms with Gasteiger partial charge in [0.2, 0.25) is 0 Å². The molecule has 4 N–H and O–H groups in total. The first-order valence-corrected chi connectivity index (χ1v) is 5.48. The summed E-state index contributed by atoms with van der Waals surface area (Å²) in [5, 5.41) is 18.6. The maximum atomic E-state index is 9.39. The van der Waals surface area contributed by atoms with Crippen LogP contribution in [0.3, 0.4) is 0 Å². The molecule has 0 aliphatic rings. The van der Waals surface area contributed by atoms with Gasteiger partial charge < -0.3 is 15.9 Å². The average Bonchev–Trinajstić information content (AvgIpc) is 2.35. The van der Waals surface area contributed by atoms with Gasteiger partial charge in [0.1, 0.15) is 0 Å². The Labute approximate surface area is 100 Å². The number of phenolic OH excluding ortho intramolecular Hbond substituents is 2. The Morgan fingerprint density at radius 1 is 0.941 bits per heavy atom. The highest BCUT2D eigenvalue weighted by atomic mass is 16.3. The van der Waals surface area contributed by atoms with Crippen molar-refractivity contribution >= 4 is 0 Å². The Kier molecular flexibility index (Phi) is 3.30. The van der Waals surface area contributed by atoms with E-state index in [1.54, 1.807) is 6.07 Å². The Morgan fingerprint density at radius 2 is 1.65 bits per heavy atom. The predicted octanol–water partition coefficient (Wildman–Crippen LogP) is 2.34. The Bertz CT molecular complexity index is 497. The SMILES string of the molecule is NC(Cc1ccc(O)c(O)c1)c1ccccc1.